The molecule has 0 saturated carbocycles. The van der Waals surface area contributed by atoms with Gasteiger partial charge in [-0.15, -0.1) is 0 Å². The molecule has 0 radical (unpaired) electrons. The molecule has 86 valence electrons. The largest absolute Gasteiger partial charge is 0.384 e. The van der Waals surface area contributed by atoms with Gasteiger partial charge in [-0.2, -0.15) is 0 Å². The minimum atomic E-state index is -0.812. The highest BCUT2D eigenvalue weighted by molar-refractivity contribution is 5.71. The predicted molar refractivity (Wildman–Crippen MR) is 64.0 cm³/mol. The summed E-state index contributed by atoms with van der Waals surface area (Å²) in [7, 11) is 0. The van der Waals surface area contributed by atoms with Crippen molar-refractivity contribution < 1.29 is 8.78 Å². The van der Waals surface area contributed by atoms with E-state index in [2.05, 4.69) is 5.32 Å². The second-order valence-electron chi connectivity index (χ2n) is 4.18. The predicted octanol–water partition coefficient (Wildman–Crippen LogP) is 3.60. The van der Waals surface area contributed by atoms with E-state index < -0.39 is 11.6 Å². The van der Waals surface area contributed by atoms with Crippen molar-refractivity contribution in [1.29, 1.82) is 0 Å². The maximum Gasteiger partial charge on any atom is 0.159 e. The van der Waals surface area contributed by atoms with E-state index in [0.717, 1.165) is 30.3 Å². The Morgan fingerprint density at radius 2 is 1.65 bits per heavy atom. The van der Waals surface area contributed by atoms with Crippen LogP contribution in [0.25, 0.3) is 11.1 Å². The molecule has 0 saturated heterocycles. The van der Waals surface area contributed by atoms with Gasteiger partial charge in [-0.1, -0.05) is 18.2 Å². The molecule has 1 aliphatic heterocycles. The summed E-state index contributed by atoms with van der Waals surface area (Å²) in [6.07, 6.45) is 1.02. The van der Waals surface area contributed by atoms with Crippen molar-refractivity contribution in [3.8, 4) is 11.1 Å². The lowest BCUT2D eigenvalue weighted by atomic mass is 10.0. The smallest absolute Gasteiger partial charge is 0.159 e. The van der Waals surface area contributed by atoms with E-state index in [4.69, 9.17) is 0 Å². The monoisotopic (exact) mass is 231 g/mol. The summed E-state index contributed by atoms with van der Waals surface area (Å²) in [5.74, 6) is -1.62. The van der Waals surface area contributed by atoms with Crippen LogP contribution in [-0.2, 0) is 6.42 Å². The molecule has 0 atom stereocenters. The van der Waals surface area contributed by atoms with Crippen molar-refractivity contribution in [2.45, 2.75) is 6.42 Å². The van der Waals surface area contributed by atoms with Crippen LogP contribution in [0.5, 0.6) is 0 Å². The molecule has 0 amide bonds. The average Bonchev–Trinajstić information content (AvgIpc) is 2.79. The lowest BCUT2D eigenvalue weighted by Crippen LogP contribution is -1.91. The maximum atomic E-state index is 13.1. The highest BCUT2D eigenvalue weighted by Gasteiger charge is 2.11. The van der Waals surface area contributed by atoms with Gasteiger partial charge in [0, 0.05) is 12.2 Å². The zero-order chi connectivity index (χ0) is 11.8. The van der Waals surface area contributed by atoms with Crippen LogP contribution in [0.1, 0.15) is 5.56 Å². The van der Waals surface area contributed by atoms with Gasteiger partial charge in [0.1, 0.15) is 0 Å². The van der Waals surface area contributed by atoms with Gasteiger partial charge < -0.3 is 5.32 Å². The molecule has 0 unspecified atom stereocenters. The third-order valence-electron chi connectivity index (χ3n) is 3.07. The SMILES string of the molecule is Fc1ccc(-c2ccc3c(c2)NCC3)cc1F. The number of benzene rings is 2. The Bertz CT molecular complexity index is 578. The summed E-state index contributed by atoms with van der Waals surface area (Å²) >= 11 is 0. The first kappa shape index (κ1) is 10.3. The standard InChI is InChI=1S/C14H11F2N/c15-12-4-3-10(7-13(12)16)11-2-1-9-5-6-17-14(9)8-11/h1-4,7-8,17H,5-6H2. The Morgan fingerprint density at radius 3 is 2.47 bits per heavy atom. The van der Waals surface area contributed by atoms with Crippen LogP contribution in [0.4, 0.5) is 14.5 Å². The van der Waals surface area contributed by atoms with Gasteiger partial charge in [0.25, 0.3) is 0 Å². The lowest BCUT2D eigenvalue weighted by molar-refractivity contribution is 0.509. The Morgan fingerprint density at radius 1 is 0.882 bits per heavy atom. The van der Waals surface area contributed by atoms with Crippen molar-refractivity contribution in [3.63, 3.8) is 0 Å². The Balaban J connectivity index is 2.06. The van der Waals surface area contributed by atoms with E-state index in [-0.39, 0.29) is 0 Å². The van der Waals surface area contributed by atoms with Crippen LogP contribution in [0.3, 0.4) is 0 Å². The molecule has 2 aromatic rings. The lowest BCUT2D eigenvalue weighted by Gasteiger charge is -2.06. The highest BCUT2D eigenvalue weighted by atomic mass is 19.2. The van der Waals surface area contributed by atoms with E-state index >= 15 is 0 Å². The number of fused-ring (bicyclic) bond motifs is 1. The Hall–Kier alpha value is -1.90. The zero-order valence-electron chi connectivity index (χ0n) is 9.13. The van der Waals surface area contributed by atoms with Crippen molar-refractivity contribution in [3.05, 3.63) is 53.6 Å². The molecule has 0 fully saturated rings. The van der Waals surface area contributed by atoms with Crippen LogP contribution >= 0.6 is 0 Å². The molecule has 0 aliphatic carbocycles. The first-order valence-electron chi connectivity index (χ1n) is 5.56. The summed E-state index contributed by atoms with van der Waals surface area (Å²) < 4.78 is 26.0. The molecule has 1 nitrogen and oxygen atoms in total. The van der Waals surface area contributed by atoms with Gasteiger partial charge in [-0.25, -0.2) is 8.78 Å². The molecule has 1 heterocycles. The number of hydrogen-bond acceptors (Lipinski definition) is 1. The number of anilines is 1. The van der Waals surface area contributed by atoms with Crippen LogP contribution < -0.4 is 5.32 Å². The molecule has 17 heavy (non-hydrogen) atoms. The van der Waals surface area contributed by atoms with Crippen molar-refractivity contribution in [1.82, 2.24) is 0 Å². The van der Waals surface area contributed by atoms with E-state index in [1.807, 2.05) is 18.2 Å². The van der Waals surface area contributed by atoms with Crippen LogP contribution in [0.2, 0.25) is 0 Å². The average molecular weight is 231 g/mol. The van der Waals surface area contributed by atoms with Gasteiger partial charge in [-0.3, -0.25) is 0 Å². The zero-order valence-corrected chi connectivity index (χ0v) is 9.13. The number of rotatable bonds is 1. The number of halogens is 2. The third kappa shape index (κ3) is 1.78. The van der Waals surface area contributed by atoms with Gasteiger partial charge >= 0.3 is 0 Å². The second-order valence-corrected chi connectivity index (χ2v) is 4.18. The van der Waals surface area contributed by atoms with Gasteiger partial charge in [0.05, 0.1) is 0 Å². The molecule has 3 rings (SSSR count). The second kappa shape index (κ2) is 3.84. The Labute approximate surface area is 98.1 Å². The number of nitrogens with one attached hydrogen (secondary N) is 1. The Kier molecular flexibility index (Phi) is 2.32. The fraction of sp³-hybridized carbons (Fsp3) is 0.143. The molecule has 3 heteroatoms. The minimum Gasteiger partial charge on any atom is -0.384 e. The van der Waals surface area contributed by atoms with Crippen molar-refractivity contribution in [2.24, 2.45) is 0 Å². The molecule has 0 spiro atoms. The minimum absolute atomic E-state index is 0.695. The van der Waals surface area contributed by atoms with Crippen LogP contribution in [0.15, 0.2) is 36.4 Å². The fourth-order valence-electron chi connectivity index (χ4n) is 2.15. The van der Waals surface area contributed by atoms with E-state index in [9.17, 15) is 8.78 Å². The molecule has 1 aliphatic rings. The quantitative estimate of drug-likeness (QED) is 0.790. The van der Waals surface area contributed by atoms with Crippen molar-refractivity contribution >= 4 is 5.69 Å². The summed E-state index contributed by atoms with van der Waals surface area (Å²) in [6.45, 7) is 0.941. The first-order valence-corrected chi connectivity index (χ1v) is 5.56. The normalized spacial score (nSPS) is 13.3. The van der Waals surface area contributed by atoms with Gasteiger partial charge in [0.15, 0.2) is 11.6 Å². The summed E-state index contributed by atoms with van der Waals surface area (Å²) in [4.78, 5) is 0. The number of hydrogen-bond donors (Lipinski definition) is 1. The van der Waals surface area contributed by atoms with Crippen LogP contribution in [0, 0.1) is 11.6 Å². The molecule has 0 bridgehead atoms. The maximum absolute atomic E-state index is 13.1. The third-order valence-corrected chi connectivity index (χ3v) is 3.07. The molecule has 1 N–H and O–H groups in total. The van der Waals surface area contributed by atoms with E-state index in [0.29, 0.717) is 5.56 Å². The highest BCUT2D eigenvalue weighted by Crippen LogP contribution is 2.29. The summed E-state index contributed by atoms with van der Waals surface area (Å²) in [5, 5.41) is 3.27. The van der Waals surface area contributed by atoms with E-state index in [1.165, 1.54) is 11.6 Å². The summed E-state index contributed by atoms with van der Waals surface area (Å²) in [6, 6.07) is 9.94. The van der Waals surface area contributed by atoms with Gasteiger partial charge in [0.2, 0.25) is 0 Å². The topological polar surface area (TPSA) is 12.0 Å². The fourth-order valence-corrected chi connectivity index (χ4v) is 2.15. The van der Waals surface area contributed by atoms with Gasteiger partial charge in [-0.05, 0) is 41.3 Å². The molecular weight excluding hydrogens is 220 g/mol. The molecular formula is C14H11F2N. The molecule has 0 aromatic heterocycles. The van der Waals surface area contributed by atoms with Crippen LogP contribution in [-0.4, -0.2) is 6.54 Å². The van der Waals surface area contributed by atoms with E-state index in [1.54, 1.807) is 6.07 Å². The van der Waals surface area contributed by atoms with Crippen molar-refractivity contribution in [2.75, 3.05) is 11.9 Å². The summed E-state index contributed by atoms with van der Waals surface area (Å²) in [5.41, 5.74) is 3.96. The molecule has 2 aromatic carbocycles. The first-order chi connectivity index (χ1) is 8.24.